The second-order valence-electron chi connectivity index (χ2n) is 1.02. The van der Waals surface area contributed by atoms with Gasteiger partial charge in [0.05, 0.1) is 6.20 Å². The van der Waals surface area contributed by atoms with Crippen molar-refractivity contribution in [1.29, 1.82) is 0 Å². The van der Waals surface area contributed by atoms with E-state index in [2.05, 4.69) is 21.9 Å². The van der Waals surface area contributed by atoms with Gasteiger partial charge in [-0.2, -0.15) is 4.79 Å². The number of aromatic nitrogens is 3. The normalized spacial score (nSPS) is 8.71. The minimum atomic E-state index is 1.46. The van der Waals surface area contributed by atoms with Crippen molar-refractivity contribution in [2.45, 2.75) is 0 Å². The van der Waals surface area contributed by atoms with Gasteiger partial charge in [0.15, 0.2) is 0 Å². The lowest BCUT2D eigenvalue weighted by molar-refractivity contribution is 0.728. The van der Waals surface area contributed by atoms with Crippen LogP contribution in [0.2, 0.25) is 0 Å². The Morgan fingerprint density at radius 1 is 1.86 bits per heavy atom. The number of nitrogens with one attached hydrogen (secondary N) is 1. The molecule has 0 saturated carbocycles. The molecule has 1 rings (SSSR count). The van der Waals surface area contributed by atoms with Crippen LogP contribution < -0.4 is 5.43 Å². The third-order valence-corrected chi connectivity index (χ3v) is 0.608. The Morgan fingerprint density at radius 2 is 2.71 bits per heavy atom. The Morgan fingerprint density at radius 3 is 3.00 bits per heavy atom. The largest absolute Gasteiger partial charge is 0.312 e. The average Bonchev–Trinajstić information content (AvgIpc) is 2.14. The second-order valence-corrected chi connectivity index (χ2v) is 1.02. The highest BCUT2D eigenvalue weighted by molar-refractivity contribution is 4.64. The van der Waals surface area contributed by atoms with E-state index in [0.717, 1.165) is 0 Å². The summed E-state index contributed by atoms with van der Waals surface area (Å²) in [5.74, 6) is 0. The summed E-state index contributed by atoms with van der Waals surface area (Å²) >= 11 is 0. The molecule has 1 N–H and O–H groups in total. The molecule has 0 saturated heterocycles. The summed E-state index contributed by atoms with van der Waals surface area (Å²) in [4.78, 5) is 1.46. The summed E-state index contributed by atoms with van der Waals surface area (Å²) in [5.41, 5.74) is 2.72. The van der Waals surface area contributed by atoms with Crippen molar-refractivity contribution in [3.8, 4) is 0 Å². The second kappa shape index (κ2) is 1.59. The molecule has 0 aliphatic carbocycles. The number of rotatable bonds is 1. The molecule has 1 heterocycles. The summed E-state index contributed by atoms with van der Waals surface area (Å²) in [6.45, 7) is 0. The van der Waals surface area contributed by atoms with Crippen LogP contribution in [0, 0.1) is 6.20 Å². The lowest BCUT2D eigenvalue weighted by Crippen LogP contribution is -2.08. The van der Waals surface area contributed by atoms with Gasteiger partial charge in [0.25, 0.3) is 0 Å². The monoisotopic (exact) mass is 97.1 g/mol. The zero-order valence-electron chi connectivity index (χ0n) is 3.92. The van der Waals surface area contributed by atoms with E-state index < -0.39 is 0 Å². The Labute approximate surface area is 41.1 Å². The molecular weight excluding hydrogens is 92.1 g/mol. The van der Waals surface area contributed by atoms with Gasteiger partial charge in [0.2, 0.25) is 0 Å². The summed E-state index contributed by atoms with van der Waals surface area (Å²) in [7, 11) is 1.75. The predicted octanol–water partition coefficient (Wildman–Crippen LogP) is -0.748. The third-order valence-electron chi connectivity index (χ3n) is 0.608. The maximum Gasteiger partial charge on any atom is 0.137 e. The average molecular weight is 97.1 g/mol. The molecule has 1 radical (unpaired) electrons. The molecule has 37 valence electrons. The van der Waals surface area contributed by atoms with Gasteiger partial charge in [-0.1, -0.05) is 0 Å². The smallest absolute Gasteiger partial charge is 0.137 e. The van der Waals surface area contributed by atoms with Crippen molar-refractivity contribution in [1.82, 2.24) is 15.1 Å². The first-order chi connectivity index (χ1) is 3.43. The summed E-state index contributed by atoms with van der Waals surface area (Å²) in [5, 5.41) is 6.95. The molecule has 7 heavy (non-hydrogen) atoms. The fourth-order valence-corrected chi connectivity index (χ4v) is 0.290. The van der Waals surface area contributed by atoms with E-state index >= 15 is 0 Å². The lowest BCUT2D eigenvalue weighted by atomic mass is 11.0. The maximum atomic E-state index is 3.53. The molecule has 0 aliphatic heterocycles. The van der Waals surface area contributed by atoms with E-state index in [1.807, 2.05) is 0 Å². The van der Waals surface area contributed by atoms with Crippen molar-refractivity contribution in [2.24, 2.45) is 0 Å². The van der Waals surface area contributed by atoms with Crippen molar-refractivity contribution >= 4 is 0 Å². The predicted molar refractivity (Wildman–Crippen MR) is 24.1 cm³/mol. The van der Waals surface area contributed by atoms with E-state index in [1.54, 1.807) is 13.2 Å². The lowest BCUT2D eigenvalue weighted by Gasteiger charge is -1.90. The molecule has 1 aromatic heterocycles. The molecule has 0 amide bonds. The van der Waals surface area contributed by atoms with Gasteiger partial charge >= 0.3 is 0 Å². The van der Waals surface area contributed by atoms with E-state index in [9.17, 15) is 0 Å². The van der Waals surface area contributed by atoms with Crippen LogP contribution in [0.5, 0.6) is 0 Å². The van der Waals surface area contributed by atoms with Crippen LogP contribution >= 0.6 is 0 Å². The number of hydrogen-bond acceptors (Lipinski definition) is 3. The highest BCUT2D eigenvalue weighted by atomic mass is 15.6. The Kier molecular flexibility index (Phi) is 0.934. The topological polar surface area (TPSA) is 42.7 Å². The van der Waals surface area contributed by atoms with Crippen LogP contribution in [0.1, 0.15) is 0 Å². The van der Waals surface area contributed by atoms with Crippen LogP contribution in [0.4, 0.5) is 0 Å². The first-order valence-electron chi connectivity index (χ1n) is 1.89. The van der Waals surface area contributed by atoms with Crippen LogP contribution in [0.15, 0.2) is 6.20 Å². The SMILES string of the molecule is CNn1c[c]nn1. The Hall–Kier alpha value is -1.06. The van der Waals surface area contributed by atoms with E-state index in [1.165, 1.54) is 4.79 Å². The molecule has 0 aliphatic rings. The van der Waals surface area contributed by atoms with Gasteiger partial charge < -0.3 is 5.43 Å². The van der Waals surface area contributed by atoms with E-state index in [0.29, 0.717) is 0 Å². The van der Waals surface area contributed by atoms with Crippen LogP contribution in [0.3, 0.4) is 0 Å². The van der Waals surface area contributed by atoms with Gasteiger partial charge in [-0.15, -0.1) is 5.10 Å². The fourth-order valence-electron chi connectivity index (χ4n) is 0.290. The molecule has 0 aromatic carbocycles. The van der Waals surface area contributed by atoms with Crippen LogP contribution in [0.25, 0.3) is 0 Å². The Bertz CT molecular complexity index is 121. The molecule has 0 atom stereocenters. The van der Waals surface area contributed by atoms with Gasteiger partial charge in [-0.25, -0.2) is 0 Å². The first-order valence-corrected chi connectivity index (χ1v) is 1.89. The van der Waals surface area contributed by atoms with Gasteiger partial charge in [0.1, 0.15) is 6.20 Å². The molecule has 0 unspecified atom stereocenters. The van der Waals surface area contributed by atoms with Crippen LogP contribution in [-0.2, 0) is 0 Å². The highest BCUT2D eigenvalue weighted by Crippen LogP contribution is 1.66. The van der Waals surface area contributed by atoms with Crippen LogP contribution in [-0.4, -0.2) is 22.2 Å². The van der Waals surface area contributed by atoms with Gasteiger partial charge in [-0.3, -0.25) is 0 Å². The molecular formula is C3H5N4. The van der Waals surface area contributed by atoms with Gasteiger partial charge in [-0.05, 0) is 5.21 Å². The first kappa shape index (κ1) is 4.11. The number of nitrogens with zero attached hydrogens (tertiary/aromatic N) is 3. The minimum absolute atomic E-state index is 1.46. The Balaban J connectivity index is 2.76. The summed E-state index contributed by atoms with van der Waals surface area (Å²) in [6.07, 6.45) is 4.12. The molecule has 4 heteroatoms. The molecule has 1 aromatic rings. The molecule has 0 fully saturated rings. The highest BCUT2D eigenvalue weighted by Gasteiger charge is 1.78. The maximum absolute atomic E-state index is 3.53. The van der Waals surface area contributed by atoms with E-state index in [-0.39, 0.29) is 0 Å². The number of hydrogen-bond donors (Lipinski definition) is 1. The standard InChI is InChI=1S/C3H5N4/c1-4-7-3-2-5-6-7/h3-4H,1H3. The van der Waals surface area contributed by atoms with Crippen molar-refractivity contribution in [2.75, 3.05) is 12.5 Å². The van der Waals surface area contributed by atoms with Crippen molar-refractivity contribution in [3.05, 3.63) is 12.4 Å². The molecule has 0 spiro atoms. The van der Waals surface area contributed by atoms with Crippen molar-refractivity contribution < 1.29 is 0 Å². The van der Waals surface area contributed by atoms with Crippen molar-refractivity contribution in [3.63, 3.8) is 0 Å². The summed E-state index contributed by atoms with van der Waals surface area (Å²) < 4.78 is 0. The third kappa shape index (κ3) is 0.677. The summed E-state index contributed by atoms with van der Waals surface area (Å²) in [6, 6.07) is 0. The molecule has 4 nitrogen and oxygen atoms in total. The van der Waals surface area contributed by atoms with Gasteiger partial charge in [0, 0.05) is 7.05 Å². The minimum Gasteiger partial charge on any atom is -0.312 e. The zero-order chi connectivity index (χ0) is 5.11. The quantitative estimate of drug-likeness (QED) is 0.501. The molecule has 0 bridgehead atoms. The van der Waals surface area contributed by atoms with E-state index in [4.69, 9.17) is 0 Å². The fraction of sp³-hybridized carbons (Fsp3) is 0.333. The zero-order valence-corrected chi connectivity index (χ0v) is 3.92.